The van der Waals surface area contributed by atoms with Gasteiger partial charge in [0.1, 0.15) is 5.60 Å². The van der Waals surface area contributed by atoms with Crippen molar-refractivity contribution >= 4 is 11.8 Å². The molecule has 1 aliphatic carbocycles. The Kier molecular flexibility index (Phi) is 5.66. The molecule has 1 N–H and O–H groups in total. The van der Waals surface area contributed by atoms with Crippen molar-refractivity contribution in [3.8, 4) is 0 Å². The molecule has 0 amide bonds. The third kappa shape index (κ3) is 3.63. The third-order valence-electron chi connectivity index (χ3n) is 4.19. The summed E-state index contributed by atoms with van der Waals surface area (Å²) in [6.07, 6.45) is 8.60. The van der Waals surface area contributed by atoms with Gasteiger partial charge in [-0.05, 0) is 43.6 Å². The zero-order chi connectivity index (χ0) is 17.0. The minimum Gasteiger partial charge on any atom is -0.466 e. The van der Waals surface area contributed by atoms with Crippen LogP contribution in [0.3, 0.4) is 0 Å². The number of aliphatic hydroxyl groups is 1. The van der Waals surface area contributed by atoms with Crippen molar-refractivity contribution in [3.63, 3.8) is 0 Å². The number of hydrogen-bond donors (Lipinski definition) is 1. The molecule has 0 saturated carbocycles. The molecule has 120 valence electrons. The van der Waals surface area contributed by atoms with Crippen LogP contribution in [0, 0.1) is 5.41 Å². The predicted molar refractivity (Wildman–Crippen MR) is 86.2 cm³/mol. The molecule has 0 heterocycles. The van der Waals surface area contributed by atoms with Crippen LogP contribution in [0.25, 0.3) is 0 Å². The van der Waals surface area contributed by atoms with E-state index in [0.717, 1.165) is 0 Å². The van der Waals surface area contributed by atoms with Gasteiger partial charge in [0.25, 0.3) is 0 Å². The van der Waals surface area contributed by atoms with Gasteiger partial charge >= 0.3 is 5.97 Å². The first-order valence-corrected chi connectivity index (χ1v) is 7.19. The van der Waals surface area contributed by atoms with E-state index >= 15 is 0 Å². The summed E-state index contributed by atoms with van der Waals surface area (Å²) in [5.74, 6) is -0.448. The van der Waals surface area contributed by atoms with Gasteiger partial charge in [-0.3, -0.25) is 4.79 Å². The maximum atomic E-state index is 11.9. The summed E-state index contributed by atoms with van der Waals surface area (Å²) in [5.41, 5.74) is -0.673. The molecule has 0 spiro atoms. The molecule has 4 heteroatoms. The van der Waals surface area contributed by atoms with Gasteiger partial charge in [-0.1, -0.05) is 19.1 Å². The molecule has 1 aliphatic rings. The number of hydrogen-bond acceptors (Lipinski definition) is 4. The highest BCUT2D eigenvalue weighted by molar-refractivity contribution is 5.93. The van der Waals surface area contributed by atoms with Gasteiger partial charge in [0.05, 0.1) is 7.11 Å². The van der Waals surface area contributed by atoms with Gasteiger partial charge in [-0.2, -0.15) is 0 Å². The maximum absolute atomic E-state index is 11.9. The lowest BCUT2D eigenvalue weighted by Gasteiger charge is -2.46. The average Bonchev–Trinajstić information content (AvgIpc) is 2.42. The Bertz CT molecular complexity index is 568. The van der Waals surface area contributed by atoms with E-state index in [2.05, 4.69) is 11.3 Å². The Morgan fingerprint density at radius 3 is 2.73 bits per heavy atom. The minimum absolute atomic E-state index is 0.00162. The van der Waals surface area contributed by atoms with Gasteiger partial charge in [0, 0.05) is 17.9 Å². The van der Waals surface area contributed by atoms with E-state index in [1.165, 1.54) is 19.3 Å². The number of esters is 1. The summed E-state index contributed by atoms with van der Waals surface area (Å²) in [6, 6.07) is 0. The Morgan fingerprint density at radius 1 is 1.55 bits per heavy atom. The van der Waals surface area contributed by atoms with Crippen molar-refractivity contribution in [1.82, 2.24) is 0 Å². The van der Waals surface area contributed by atoms with Gasteiger partial charge in [-0.15, -0.1) is 6.58 Å². The second-order valence-corrected chi connectivity index (χ2v) is 6.04. The summed E-state index contributed by atoms with van der Waals surface area (Å²) in [5, 5.41) is 11.1. The fourth-order valence-corrected chi connectivity index (χ4v) is 2.82. The Balaban J connectivity index is 3.22. The number of carbonyl (C=O) groups excluding carboxylic acids is 2. The number of ketones is 1. The average molecular weight is 304 g/mol. The molecule has 0 aliphatic heterocycles. The van der Waals surface area contributed by atoms with Crippen molar-refractivity contribution < 1.29 is 19.4 Å². The molecular weight excluding hydrogens is 280 g/mol. The van der Waals surface area contributed by atoms with Gasteiger partial charge < -0.3 is 9.84 Å². The summed E-state index contributed by atoms with van der Waals surface area (Å²) in [7, 11) is 1.31. The minimum atomic E-state index is -1.26. The van der Waals surface area contributed by atoms with Crippen molar-refractivity contribution in [3.05, 3.63) is 48.1 Å². The number of ether oxygens (including phenoxy) is 1. The molecule has 22 heavy (non-hydrogen) atoms. The largest absolute Gasteiger partial charge is 0.466 e. The molecule has 0 aromatic heterocycles. The second-order valence-electron chi connectivity index (χ2n) is 6.04. The van der Waals surface area contributed by atoms with E-state index in [0.29, 0.717) is 17.6 Å². The summed E-state index contributed by atoms with van der Waals surface area (Å²) < 4.78 is 4.57. The third-order valence-corrected chi connectivity index (χ3v) is 4.19. The summed E-state index contributed by atoms with van der Waals surface area (Å²) >= 11 is 0. The standard InChI is InChI=1S/C18H24O4/c1-6-8-17(4)12-15(19)11-14(3)18(17,21)9-7-13(2)10-16(20)22-5/h6-7,9-11,21H,1,8,12H2,2-5H3/b9-7+,13-10-/t17-,18+/m1/s1. The molecule has 0 saturated heterocycles. The molecule has 0 aromatic carbocycles. The van der Waals surface area contributed by atoms with E-state index in [4.69, 9.17) is 0 Å². The Hall–Kier alpha value is -1.94. The monoisotopic (exact) mass is 304 g/mol. The maximum Gasteiger partial charge on any atom is 0.330 e. The van der Waals surface area contributed by atoms with Gasteiger partial charge in [-0.25, -0.2) is 4.79 Å². The lowest BCUT2D eigenvalue weighted by atomic mass is 9.62. The smallest absolute Gasteiger partial charge is 0.330 e. The number of carbonyl (C=O) groups is 2. The van der Waals surface area contributed by atoms with Crippen LogP contribution >= 0.6 is 0 Å². The number of methoxy groups -OCH3 is 1. The summed E-state index contributed by atoms with van der Waals surface area (Å²) in [4.78, 5) is 23.1. The number of rotatable bonds is 5. The first-order chi connectivity index (χ1) is 10.2. The van der Waals surface area contributed by atoms with Crippen molar-refractivity contribution in [2.75, 3.05) is 7.11 Å². The Morgan fingerprint density at radius 2 is 2.18 bits per heavy atom. The number of allylic oxidation sites excluding steroid dienone is 4. The molecule has 0 radical (unpaired) electrons. The van der Waals surface area contributed by atoms with E-state index < -0.39 is 17.0 Å². The van der Waals surface area contributed by atoms with Crippen molar-refractivity contribution in [1.29, 1.82) is 0 Å². The SMILES string of the molecule is C=CC[C@]1(C)CC(=O)C=C(C)[C@@]1(O)/C=C/C(C)=C\C(=O)OC. The molecule has 2 atom stereocenters. The first-order valence-electron chi connectivity index (χ1n) is 7.19. The molecular formula is C18H24O4. The van der Waals surface area contributed by atoms with Gasteiger partial charge in [0.15, 0.2) is 5.78 Å². The van der Waals surface area contributed by atoms with E-state index in [-0.39, 0.29) is 12.2 Å². The highest BCUT2D eigenvalue weighted by atomic mass is 16.5. The molecule has 0 unspecified atom stereocenters. The fourth-order valence-electron chi connectivity index (χ4n) is 2.82. The second kappa shape index (κ2) is 6.88. The highest BCUT2D eigenvalue weighted by Crippen LogP contribution is 2.47. The van der Waals surface area contributed by atoms with Crippen LogP contribution in [0.2, 0.25) is 0 Å². The zero-order valence-electron chi connectivity index (χ0n) is 13.7. The van der Waals surface area contributed by atoms with Gasteiger partial charge in [0.2, 0.25) is 0 Å². The lowest BCUT2D eigenvalue weighted by Crippen LogP contribution is -2.49. The Labute approximate surface area is 131 Å². The van der Waals surface area contributed by atoms with Crippen LogP contribution in [-0.2, 0) is 14.3 Å². The van der Waals surface area contributed by atoms with Crippen molar-refractivity contribution in [2.24, 2.45) is 5.41 Å². The van der Waals surface area contributed by atoms with Crippen molar-refractivity contribution in [2.45, 2.75) is 39.2 Å². The quantitative estimate of drug-likeness (QED) is 0.367. The topological polar surface area (TPSA) is 63.6 Å². The van der Waals surface area contributed by atoms with Crippen LogP contribution in [0.15, 0.2) is 48.1 Å². The molecule has 1 rings (SSSR count). The molecule has 4 nitrogen and oxygen atoms in total. The summed E-state index contributed by atoms with van der Waals surface area (Å²) in [6.45, 7) is 9.07. The molecule has 0 aromatic rings. The fraction of sp³-hybridized carbons (Fsp3) is 0.444. The molecule has 0 fully saturated rings. The predicted octanol–water partition coefficient (Wildman–Crippen LogP) is 2.89. The van der Waals surface area contributed by atoms with E-state index in [1.54, 1.807) is 32.1 Å². The molecule has 0 bridgehead atoms. The van der Waals surface area contributed by atoms with Crippen LogP contribution in [0.4, 0.5) is 0 Å². The lowest BCUT2D eigenvalue weighted by molar-refractivity contribution is -0.134. The normalized spacial score (nSPS) is 29.4. The van der Waals surface area contributed by atoms with Crippen LogP contribution in [-0.4, -0.2) is 29.6 Å². The highest BCUT2D eigenvalue weighted by Gasteiger charge is 2.49. The zero-order valence-corrected chi connectivity index (χ0v) is 13.7. The van der Waals surface area contributed by atoms with E-state index in [1.807, 2.05) is 6.92 Å². The van der Waals surface area contributed by atoms with Crippen LogP contribution in [0.5, 0.6) is 0 Å². The van der Waals surface area contributed by atoms with Crippen LogP contribution < -0.4 is 0 Å². The van der Waals surface area contributed by atoms with E-state index in [9.17, 15) is 14.7 Å². The first kappa shape index (κ1) is 18.1. The van der Waals surface area contributed by atoms with Crippen LogP contribution in [0.1, 0.15) is 33.6 Å².